The van der Waals surface area contributed by atoms with Crippen LogP contribution in [0.3, 0.4) is 0 Å². The Morgan fingerprint density at radius 1 is 1.36 bits per heavy atom. The fourth-order valence-electron chi connectivity index (χ4n) is 2.81. The van der Waals surface area contributed by atoms with E-state index in [1.807, 2.05) is 0 Å². The summed E-state index contributed by atoms with van der Waals surface area (Å²) in [5.74, 6) is 0.288. The van der Waals surface area contributed by atoms with Crippen molar-refractivity contribution in [2.24, 2.45) is 7.05 Å². The molecule has 144 valence electrons. The van der Waals surface area contributed by atoms with Crippen LogP contribution >= 0.6 is 0 Å². The minimum absolute atomic E-state index is 0.173. The van der Waals surface area contributed by atoms with Gasteiger partial charge in [0.15, 0.2) is 0 Å². The lowest BCUT2D eigenvalue weighted by Crippen LogP contribution is -2.25. The molecule has 0 bridgehead atoms. The van der Waals surface area contributed by atoms with E-state index in [9.17, 15) is 9.18 Å². The van der Waals surface area contributed by atoms with Gasteiger partial charge in [-0.2, -0.15) is 4.80 Å². The van der Waals surface area contributed by atoms with Crippen molar-refractivity contribution in [1.82, 2.24) is 25.2 Å². The number of cyclic esters (lactones) is 1. The van der Waals surface area contributed by atoms with Crippen LogP contribution in [0.2, 0.25) is 0 Å². The number of anilines is 3. The SMILES string of the molecule is Cn1nnc(Nc2ccc(-c3ccc(N4CC(CO)OC4=O)cc3F)cn2)n1. The molecule has 0 saturated carbocycles. The summed E-state index contributed by atoms with van der Waals surface area (Å²) in [5, 5.41) is 23.5. The summed E-state index contributed by atoms with van der Waals surface area (Å²) in [5.41, 5.74) is 1.27. The molecule has 2 aromatic heterocycles. The third kappa shape index (κ3) is 3.47. The van der Waals surface area contributed by atoms with Gasteiger partial charge in [-0.1, -0.05) is 5.10 Å². The normalized spacial score (nSPS) is 16.3. The van der Waals surface area contributed by atoms with Gasteiger partial charge in [-0.25, -0.2) is 14.2 Å². The number of rotatable bonds is 5. The molecule has 0 spiro atoms. The number of hydrogen-bond acceptors (Lipinski definition) is 8. The second kappa shape index (κ2) is 7.19. The fourth-order valence-corrected chi connectivity index (χ4v) is 2.81. The largest absolute Gasteiger partial charge is 0.441 e. The van der Waals surface area contributed by atoms with Crippen LogP contribution in [0.15, 0.2) is 36.5 Å². The Morgan fingerprint density at radius 2 is 2.21 bits per heavy atom. The number of benzene rings is 1. The first kappa shape index (κ1) is 17.8. The van der Waals surface area contributed by atoms with Crippen LogP contribution in [0.25, 0.3) is 11.1 Å². The molecule has 1 atom stereocenters. The average Bonchev–Trinajstić information content (AvgIpc) is 3.27. The van der Waals surface area contributed by atoms with E-state index in [1.165, 1.54) is 22.0 Å². The lowest BCUT2D eigenvalue weighted by Gasteiger charge is -2.14. The van der Waals surface area contributed by atoms with Crippen LogP contribution < -0.4 is 10.2 Å². The Hall–Kier alpha value is -3.60. The summed E-state index contributed by atoms with van der Waals surface area (Å²) >= 11 is 0. The maximum atomic E-state index is 14.6. The molecule has 1 amide bonds. The van der Waals surface area contributed by atoms with Crippen LogP contribution in [-0.2, 0) is 11.8 Å². The highest BCUT2D eigenvalue weighted by Crippen LogP contribution is 2.29. The third-order valence-corrected chi connectivity index (χ3v) is 4.16. The summed E-state index contributed by atoms with van der Waals surface area (Å²) in [4.78, 5) is 18.7. The van der Waals surface area contributed by atoms with Crippen molar-refractivity contribution in [3.05, 3.63) is 42.3 Å². The predicted octanol–water partition coefficient (Wildman–Crippen LogP) is 1.47. The van der Waals surface area contributed by atoms with Crippen LogP contribution in [0.4, 0.5) is 26.6 Å². The smallest absolute Gasteiger partial charge is 0.414 e. The van der Waals surface area contributed by atoms with Gasteiger partial charge in [0.2, 0.25) is 0 Å². The molecule has 1 aromatic carbocycles. The van der Waals surface area contributed by atoms with E-state index < -0.39 is 18.0 Å². The number of ether oxygens (including phenoxy) is 1. The zero-order valence-electron chi connectivity index (χ0n) is 14.8. The Balaban J connectivity index is 1.52. The topological polar surface area (TPSA) is 118 Å². The third-order valence-electron chi connectivity index (χ3n) is 4.16. The van der Waals surface area contributed by atoms with E-state index in [0.29, 0.717) is 28.6 Å². The molecule has 10 nitrogen and oxygen atoms in total. The molecule has 1 aliphatic heterocycles. The van der Waals surface area contributed by atoms with Gasteiger partial charge in [0.05, 0.1) is 25.9 Å². The maximum absolute atomic E-state index is 14.6. The molecule has 1 unspecified atom stereocenters. The van der Waals surface area contributed by atoms with Crippen LogP contribution in [0.1, 0.15) is 0 Å². The highest BCUT2D eigenvalue weighted by atomic mass is 19.1. The first-order chi connectivity index (χ1) is 13.5. The van der Waals surface area contributed by atoms with E-state index in [2.05, 4.69) is 25.7 Å². The number of pyridine rings is 1. The van der Waals surface area contributed by atoms with E-state index in [1.54, 1.807) is 31.3 Å². The van der Waals surface area contributed by atoms with Crippen molar-refractivity contribution in [2.75, 3.05) is 23.4 Å². The molecule has 3 aromatic rings. The van der Waals surface area contributed by atoms with E-state index in [4.69, 9.17) is 9.84 Å². The van der Waals surface area contributed by atoms with Crippen molar-refractivity contribution >= 4 is 23.5 Å². The number of halogens is 1. The first-order valence-electron chi connectivity index (χ1n) is 8.39. The second-order valence-corrected chi connectivity index (χ2v) is 6.12. The van der Waals surface area contributed by atoms with Crippen LogP contribution in [0.5, 0.6) is 0 Å². The summed E-state index contributed by atoms with van der Waals surface area (Å²) in [6, 6.07) is 7.82. The highest BCUT2D eigenvalue weighted by Gasteiger charge is 2.32. The predicted molar refractivity (Wildman–Crippen MR) is 96.4 cm³/mol. The van der Waals surface area contributed by atoms with Gasteiger partial charge in [-0.3, -0.25) is 4.90 Å². The monoisotopic (exact) mass is 385 g/mol. The molecule has 1 saturated heterocycles. The molecule has 3 heterocycles. The number of nitrogens with one attached hydrogen (secondary N) is 1. The molecule has 1 aliphatic rings. The Kier molecular flexibility index (Phi) is 4.57. The molecular formula is C17H16FN7O3. The Bertz CT molecular complexity index is 1010. The standard InChI is InChI=1S/C17H16FN7O3/c1-24-22-16(21-23-24)20-15-5-2-10(7-19-15)13-4-3-11(6-14(13)18)25-8-12(9-26)28-17(25)27/h2-7,12,26H,8-9H2,1H3,(H,19,20,22). The quantitative estimate of drug-likeness (QED) is 0.678. The lowest BCUT2D eigenvalue weighted by molar-refractivity contribution is 0.0963. The molecule has 11 heteroatoms. The van der Waals surface area contributed by atoms with Gasteiger partial charge < -0.3 is 15.2 Å². The molecule has 0 radical (unpaired) electrons. The van der Waals surface area contributed by atoms with Crippen LogP contribution in [0, 0.1) is 5.82 Å². The summed E-state index contributed by atoms with van der Waals surface area (Å²) < 4.78 is 19.6. The number of tetrazole rings is 1. The summed E-state index contributed by atoms with van der Waals surface area (Å²) in [7, 11) is 1.65. The maximum Gasteiger partial charge on any atom is 0.414 e. The van der Waals surface area contributed by atoms with Crippen LogP contribution in [-0.4, -0.2) is 55.6 Å². The molecule has 1 fully saturated rings. The number of aliphatic hydroxyl groups is 1. The summed E-state index contributed by atoms with van der Waals surface area (Å²) in [6.45, 7) is -0.106. The first-order valence-corrected chi connectivity index (χ1v) is 8.39. The zero-order chi connectivity index (χ0) is 19.7. The van der Waals surface area contributed by atoms with Gasteiger partial charge in [0.1, 0.15) is 17.7 Å². The molecular weight excluding hydrogens is 369 g/mol. The van der Waals surface area contributed by atoms with E-state index >= 15 is 0 Å². The molecule has 0 aliphatic carbocycles. The Morgan fingerprint density at radius 3 is 2.82 bits per heavy atom. The fraction of sp³-hybridized carbons (Fsp3) is 0.235. The Labute approximate surface area is 158 Å². The number of aromatic nitrogens is 5. The van der Waals surface area contributed by atoms with Crippen molar-refractivity contribution in [3.63, 3.8) is 0 Å². The number of hydrogen-bond donors (Lipinski definition) is 2. The van der Waals surface area contributed by atoms with Gasteiger partial charge in [0, 0.05) is 17.3 Å². The van der Waals surface area contributed by atoms with Crippen molar-refractivity contribution in [3.8, 4) is 11.1 Å². The number of amides is 1. The van der Waals surface area contributed by atoms with Gasteiger partial charge in [0.25, 0.3) is 5.95 Å². The number of nitrogens with zero attached hydrogens (tertiary/aromatic N) is 6. The number of carbonyl (C=O) groups excluding carboxylic acids is 1. The summed E-state index contributed by atoms with van der Waals surface area (Å²) in [6.07, 6.45) is 0.298. The van der Waals surface area contributed by atoms with E-state index in [0.717, 1.165) is 0 Å². The molecule has 2 N–H and O–H groups in total. The second-order valence-electron chi connectivity index (χ2n) is 6.12. The highest BCUT2D eigenvalue weighted by molar-refractivity contribution is 5.90. The van der Waals surface area contributed by atoms with E-state index in [-0.39, 0.29) is 13.2 Å². The zero-order valence-corrected chi connectivity index (χ0v) is 14.8. The minimum atomic E-state index is -0.610. The van der Waals surface area contributed by atoms with Gasteiger partial charge in [-0.05, 0) is 35.5 Å². The van der Waals surface area contributed by atoms with Crippen molar-refractivity contribution < 1.29 is 19.0 Å². The number of aryl methyl sites for hydroxylation is 1. The van der Waals surface area contributed by atoms with Crippen molar-refractivity contribution in [2.45, 2.75) is 6.10 Å². The van der Waals surface area contributed by atoms with Gasteiger partial charge >= 0.3 is 6.09 Å². The van der Waals surface area contributed by atoms with Gasteiger partial charge in [-0.15, -0.1) is 5.10 Å². The van der Waals surface area contributed by atoms with Crippen molar-refractivity contribution in [1.29, 1.82) is 0 Å². The lowest BCUT2D eigenvalue weighted by atomic mass is 10.1. The minimum Gasteiger partial charge on any atom is -0.441 e. The molecule has 4 rings (SSSR count). The number of carbonyl (C=O) groups is 1. The average molecular weight is 385 g/mol. The number of aliphatic hydroxyl groups excluding tert-OH is 1. The molecule has 28 heavy (non-hydrogen) atoms.